The van der Waals surface area contributed by atoms with Crippen LogP contribution in [0.4, 0.5) is 8.78 Å². The first kappa shape index (κ1) is 8.68. The zero-order valence-electron chi connectivity index (χ0n) is 6.96. The highest BCUT2D eigenvalue weighted by atomic mass is 19.2. The molecule has 1 aromatic carbocycles. The van der Waals surface area contributed by atoms with E-state index < -0.39 is 17.4 Å². The molecule has 0 fully saturated rings. The van der Waals surface area contributed by atoms with E-state index >= 15 is 0 Å². The fourth-order valence-corrected chi connectivity index (χ4v) is 1.15. The number of nitrogens with one attached hydrogen (secondary N) is 1. The van der Waals surface area contributed by atoms with E-state index in [0.717, 1.165) is 12.1 Å². The summed E-state index contributed by atoms with van der Waals surface area (Å²) in [6.07, 6.45) is 2.97. The third-order valence-electron chi connectivity index (χ3n) is 1.84. The Balaban J connectivity index is 2.57. The minimum Gasteiger partial charge on any atom is -0.505 e. The van der Waals surface area contributed by atoms with Crippen molar-refractivity contribution in [3.05, 3.63) is 36.2 Å². The van der Waals surface area contributed by atoms with E-state index in [1.807, 2.05) is 0 Å². The normalized spacial score (nSPS) is 10.4. The summed E-state index contributed by atoms with van der Waals surface area (Å²) < 4.78 is 25.6. The number of aromatic hydroxyl groups is 1. The summed E-state index contributed by atoms with van der Waals surface area (Å²) >= 11 is 0. The predicted octanol–water partition coefficient (Wildman–Crippen LogP) is 2.06. The lowest BCUT2D eigenvalue weighted by atomic mass is 10.1. The molecule has 0 atom stereocenters. The van der Waals surface area contributed by atoms with Crippen molar-refractivity contribution >= 4 is 0 Å². The van der Waals surface area contributed by atoms with Gasteiger partial charge in [-0.15, -0.1) is 0 Å². The summed E-state index contributed by atoms with van der Waals surface area (Å²) in [4.78, 5) is 0. The van der Waals surface area contributed by atoms with Crippen molar-refractivity contribution in [1.82, 2.24) is 10.2 Å². The fourth-order valence-electron chi connectivity index (χ4n) is 1.15. The van der Waals surface area contributed by atoms with Crippen molar-refractivity contribution in [3.8, 4) is 16.9 Å². The van der Waals surface area contributed by atoms with Gasteiger partial charge < -0.3 is 5.11 Å². The molecule has 0 bridgehead atoms. The van der Waals surface area contributed by atoms with Crippen molar-refractivity contribution in [2.45, 2.75) is 0 Å². The van der Waals surface area contributed by atoms with Gasteiger partial charge in [0.2, 0.25) is 0 Å². The highest BCUT2D eigenvalue weighted by molar-refractivity contribution is 5.63. The van der Waals surface area contributed by atoms with Crippen molar-refractivity contribution in [2.24, 2.45) is 0 Å². The van der Waals surface area contributed by atoms with Crippen LogP contribution in [-0.2, 0) is 0 Å². The lowest BCUT2D eigenvalue weighted by Gasteiger charge is -2.00. The highest BCUT2D eigenvalue weighted by Crippen LogP contribution is 2.26. The Morgan fingerprint density at radius 1 is 1.21 bits per heavy atom. The molecule has 0 unspecified atom stereocenters. The van der Waals surface area contributed by atoms with E-state index in [0.29, 0.717) is 11.1 Å². The molecule has 2 rings (SSSR count). The molecular formula is C9H6F2N2O. The SMILES string of the molecule is Oc1cc(-c2cn[nH]c2)cc(F)c1F. The number of halogens is 2. The molecule has 0 aliphatic heterocycles. The number of hydrogen-bond donors (Lipinski definition) is 2. The lowest BCUT2D eigenvalue weighted by molar-refractivity contribution is 0.407. The molecule has 1 aromatic heterocycles. The molecule has 2 aromatic rings. The molecule has 0 aliphatic rings. The molecule has 2 N–H and O–H groups in total. The second-order valence-corrected chi connectivity index (χ2v) is 2.78. The predicted molar refractivity (Wildman–Crippen MR) is 45.6 cm³/mol. The molecule has 0 saturated carbocycles. The van der Waals surface area contributed by atoms with Gasteiger partial charge in [0, 0.05) is 11.8 Å². The number of phenolic OH excluding ortho intramolecular Hbond substituents is 1. The first-order chi connectivity index (χ1) is 6.68. The monoisotopic (exact) mass is 196 g/mol. The lowest BCUT2D eigenvalue weighted by Crippen LogP contribution is -1.86. The Kier molecular flexibility index (Phi) is 1.92. The third kappa shape index (κ3) is 1.32. The number of hydrogen-bond acceptors (Lipinski definition) is 2. The van der Waals surface area contributed by atoms with Gasteiger partial charge in [-0.2, -0.15) is 9.49 Å². The Morgan fingerprint density at radius 3 is 2.57 bits per heavy atom. The smallest absolute Gasteiger partial charge is 0.200 e. The molecule has 14 heavy (non-hydrogen) atoms. The van der Waals surface area contributed by atoms with E-state index in [9.17, 15) is 8.78 Å². The summed E-state index contributed by atoms with van der Waals surface area (Å²) in [7, 11) is 0. The molecule has 3 nitrogen and oxygen atoms in total. The number of aromatic amines is 1. The maximum absolute atomic E-state index is 12.9. The van der Waals surface area contributed by atoms with E-state index in [-0.39, 0.29) is 0 Å². The topological polar surface area (TPSA) is 48.9 Å². The zero-order chi connectivity index (χ0) is 10.1. The molecule has 72 valence electrons. The van der Waals surface area contributed by atoms with Crippen molar-refractivity contribution < 1.29 is 13.9 Å². The van der Waals surface area contributed by atoms with Gasteiger partial charge in [0.25, 0.3) is 0 Å². The number of benzene rings is 1. The molecule has 0 radical (unpaired) electrons. The van der Waals surface area contributed by atoms with Crippen molar-refractivity contribution in [1.29, 1.82) is 0 Å². The van der Waals surface area contributed by atoms with Crippen LogP contribution in [0.15, 0.2) is 24.5 Å². The molecule has 0 saturated heterocycles. The Hall–Kier alpha value is -1.91. The summed E-state index contributed by atoms with van der Waals surface area (Å²) in [5, 5.41) is 15.2. The van der Waals surface area contributed by atoms with Crippen LogP contribution in [-0.4, -0.2) is 15.3 Å². The quantitative estimate of drug-likeness (QED) is 0.733. The van der Waals surface area contributed by atoms with Crippen LogP contribution in [0.3, 0.4) is 0 Å². The number of aromatic nitrogens is 2. The molecule has 5 heteroatoms. The number of phenols is 1. The van der Waals surface area contributed by atoms with Gasteiger partial charge in [-0.05, 0) is 17.7 Å². The number of rotatable bonds is 1. The van der Waals surface area contributed by atoms with Gasteiger partial charge in [-0.3, -0.25) is 5.10 Å². The first-order valence-electron chi connectivity index (χ1n) is 3.85. The van der Waals surface area contributed by atoms with Crippen LogP contribution in [0.1, 0.15) is 0 Å². The molecule has 1 heterocycles. The van der Waals surface area contributed by atoms with Gasteiger partial charge in [-0.25, -0.2) is 4.39 Å². The maximum Gasteiger partial charge on any atom is 0.200 e. The second kappa shape index (κ2) is 3.10. The van der Waals surface area contributed by atoms with E-state index in [4.69, 9.17) is 5.11 Å². The van der Waals surface area contributed by atoms with Gasteiger partial charge in [-0.1, -0.05) is 0 Å². The van der Waals surface area contributed by atoms with Crippen LogP contribution < -0.4 is 0 Å². The molecular weight excluding hydrogens is 190 g/mol. The third-order valence-corrected chi connectivity index (χ3v) is 1.84. The number of H-pyrrole nitrogens is 1. The van der Waals surface area contributed by atoms with Crippen LogP contribution in [0.2, 0.25) is 0 Å². The minimum absolute atomic E-state index is 0.371. The minimum atomic E-state index is -1.24. The van der Waals surface area contributed by atoms with Gasteiger partial charge in [0.05, 0.1) is 6.20 Å². The number of nitrogens with zero attached hydrogens (tertiary/aromatic N) is 1. The average Bonchev–Trinajstić information content (AvgIpc) is 2.66. The molecule has 0 aliphatic carbocycles. The van der Waals surface area contributed by atoms with Crippen molar-refractivity contribution in [3.63, 3.8) is 0 Å². The van der Waals surface area contributed by atoms with Crippen molar-refractivity contribution in [2.75, 3.05) is 0 Å². The van der Waals surface area contributed by atoms with Crippen LogP contribution in [0.5, 0.6) is 5.75 Å². The van der Waals surface area contributed by atoms with Crippen LogP contribution in [0, 0.1) is 11.6 Å². The van der Waals surface area contributed by atoms with Gasteiger partial charge in [0.1, 0.15) is 0 Å². The summed E-state index contributed by atoms with van der Waals surface area (Å²) in [5.74, 6) is -3.03. The Morgan fingerprint density at radius 2 is 2.00 bits per heavy atom. The Labute approximate surface area is 78.0 Å². The maximum atomic E-state index is 12.9. The fraction of sp³-hybridized carbons (Fsp3) is 0. The van der Waals surface area contributed by atoms with Crippen LogP contribution in [0.25, 0.3) is 11.1 Å². The van der Waals surface area contributed by atoms with E-state index in [1.165, 1.54) is 12.4 Å². The van der Waals surface area contributed by atoms with E-state index in [1.54, 1.807) is 0 Å². The zero-order valence-corrected chi connectivity index (χ0v) is 6.96. The first-order valence-corrected chi connectivity index (χ1v) is 3.85. The van der Waals surface area contributed by atoms with Gasteiger partial charge in [0.15, 0.2) is 17.4 Å². The highest BCUT2D eigenvalue weighted by Gasteiger charge is 2.10. The summed E-state index contributed by atoms with van der Waals surface area (Å²) in [6, 6.07) is 2.14. The summed E-state index contributed by atoms with van der Waals surface area (Å²) in [6.45, 7) is 0. The Bertz CT molecular complexity index is 431. The van der Waals surface area contributed by atoms with Gasteiger partial charge >= 0.3 is 0 Å². The molecule has 0 spiro atoms. The standard InChI is InChI=1S/C9H6F2N2O/c10-7-1-5(2-8(14)9(7)11)6-3-12-13-4-6/h1-4,14H,(H,12,13). The summed E-state index contributed by atoms with van der Waals surface area (Å²) in [5.41, 5.74) is 0.953. The van der Waals surface area contributed by atoms with Crippen LogP contribution >= 0.6 is 0 Å². The largest absolute Gasteiger partial charge is 0.505 e. The molecule has 0 amide bonds. The second-order valence-electron chi connectivity index (χ2n) is 2.78. The van der Waals surface area contributed by atoms with E-state index in [2.05, 4.69) is 10.2 Å². The average molecular weight is 196 g/mol.